The van der Waals surface area contributed by atoms with Crippen molar-refractivity contribution in [3.63, 3.8) is 0 Å². The summed E-state index contributed by atoms with van der Waals surface area (Å²) in [5.41, 5.74) is 2.52. The molecule has 0 aliphatic rings. The lowest BCUT2D eigenvalue weighted by atomic mass is 10.1. The van der Waals surface area contributed by atoms with Crippen molar-refractivity contribution in [2.45, 2.75) is 20.4 Å². The predicted octanol–water partition coefficient (Wildman–Crippen LogP) is 3.69. The standard InChI is InChI=1S/C17H18FNO2/c1-4-8-19-12(2)9-16(13(19)3)17(20)11-21-15-7-5-6-14(18)10-15/h4-7,9-10H,1,8,11H2,2-3H3. The molecule has 1 aromatic carbocycles. The molecule has 0 bridgehead atoms. The van der Waals surface area contributed by atoms with Crippen LogP contribution < -0.4 is 4.74 Å². The highest BCUT2D eigenvalue weighted by atomic mass is 19.1. The Hall–Kier alpha value is -2.36. The maximum absolute atomic E-state index is 13.0. The van der Waals surface area contributed by atoms with E-state index in [0.717, 1.165) is 11.4 Å². The summed E-state index contributed by atoms with van der Waals surface area (Å²) < 4.78 is 20.4. The van der Waals surface area contributed by atoms with Crippen LogP contribution in [0.2, 0.25) is 0 Å². The van der Waals surface area contributed by atoms with Gasteiger partial charge in [-0.2, -0.15) is 0 Å². The largest absolute Gasteiger partial charge is 0.485 e. The van der Waals surface area contributed by atoms with Gasteiger partial charge in [0.05, 0.1) is 0 Å². The summed E-state index contributed by atoms with van der Waals surface area (Å²) in [6.45, 7) is 8.10. The van der Waals surface area contributed by atoms with E-state index in [1.165, 1.54) is 12.1 Å². The van der Waals surface area contributed by atoms with Gasteiger partial charge in [-0.15, -0.1) is 6.58 Å². The fraction of sp³-hybridized carbons (Fsp3) is 0.235. The number of ether oxygens (including phenoxy) is 1. The molecule has 110 valence electrons. The summed E-state index contributed by atoms with van der Waals surface area (Å²) in [4.78, 5) is 12.2. The Bertz CT molecular complexity index is 673. The molecule has 0 radical (unpaired) electrons. The minimum Gasteiger partial charge on any atom is -0.485 e. The number of carbonyl (C=O) groups excluding carboxylic acids is 1. The van der Waals surface area contributed by atoms with E-state index in [-0.39, 0.29) is 18.2 Å². The fourth-order valence-electron chi connectivity index (χ4n) is 2.28. The number of rotatable bonds is 6. The highest BCUT2D eigenvalue weighted by molar-refractivity contribution is 5.98. The number of aromatic nitrogens is 1. The third kappa shape index (κ3) is 3.40. The van der Waals surface area contributed by atoms with E-state index in [2.05, 4.69) is 6.58 Å². The zero-order valence-corrected chi connectivity index (χ0v) is 12.2. The SMILES string of the molecule is C=CCn1c(C)cc(C(=O)COc2cccc(F)c2)c1C. The smallest absolute Gasteiger partial charge is 0.202 e. The molecule has 2 rings (SSSR count). The summed E-state index contributed by atoms with van der Waals surface area (Å²) in [7, 11) is 0. The van der Waals surface area contributed by atoms with Gasteiger partial charge in [-0.05, 0) is 32.0 Å². The topological polar surface area (TPSA) is 31.2 Å². The molecule has 0 fully saturated rings. The molecule has 4 heteroatoms. The Morgan fingerprint density at radius 3 is 2.81 bits per heavy atom. The predicted molar refractivity (Wildman–Crippen MR) is 80.3 cm³/mol. The second-order valence-electron chi connectivity index (χ2n) is 4.85. The van der Waals surface area contributed by atoms with E-state index in [0.29, 0.717) is 17.9 Å². The maximum atomic E-state index is 13.0. The molecule has 0 saturated carbocycles. The molecule has 1 aromatic heterocycles. The minimum absolute atomic E-state index is 0.109. The molecule has 2 aromatic rings. The minimum atomic E-state index is -0.385. The number of halogens is 1. The monoisotopic (exact) mass is 287 g/mol. The van der Waals surface area contributed by atoms with Crippen molar-refractivity contribution < 1.29 is 13.9 Å². The molecule has 0 aliphatic heterocycles. The molecular weight excluding hydrogens is 269 g/mol. The zero-order chi connectivity index (χ0) is 15.4. The molecule has 1 heterocycles. The van der Waals surface area contributed by atoms with Gasteiger partial charge in [-0.25, -0.2) is 4.39 Å². The number of Topliss-reactive ketones (excluding diaryl/α,β-unsaturated/α-hetero) is 1. The van der Waals surface area contributed by atoms with Crippen LogP contribution in [-0.2, 0) is 6.54 Å². The number of hydrogen-bond acceptors (Lipinski definition) is 2. The van der Waals surface area contributed by atoms with Crippen LogP contribution in [0.25, 0.3) is 0 Å². The van der Waals surface area contributed by atoms with Gasteiger partial charge in [0.15, 0.2) is 6.61 Å². The van der Waals surface area contributed by atoms with Gasteiger partial charge in [0.25, 0.3) is 0 Å². The van der Waals surface area contributed by atoms with Gasteiger partial charge < -0.3 is 9.30 Å². The lowest BCUT2D eigenvalue weighted by Crippen LogP contribution is -2.13. The van der Waals surface area contributed by atoms with Gasteiger partial charge in [0, 0.05) is 29.6 Å². The first-order valence-corrected chi connectivity index (χ1v) is 6.72. The normalized spacial score (nSPS) is 10.4. The Labute approximate surface area is 123 Å². The first-order chi connectivity index (χ1) is 10.0. The Balaban J connectivity index is 2.10. The van der Waals surface area contributed by atoms with Gasteiger partial charge in [0.1, 0.15) is 11.6 Å². The van der Waals surface area contributed by atoms with Crippen molar-refractivity contribution >= 4 is 5.78 Å². The van der Waals surface area contributed by atoms with Gasteiger partial charge >= 0.3 is 0 Å². The summed E-state index contributed by atoms with van der Waals surface area (Å²) in [6.07, 6.45) is 1.79. The number of carbonyl (C=O) groups is 1. The highest BCUT2D eigenvalue weighted by Crippen LogP contribution is 2.17. The van der Waals surface area contributed by atoms with Crippen LogP contribution in [-0.4, -0.2) is 17.0 Å². The van der Waals surface area contributed by atoms with Crippen LogP contribution in [0, 0.1) is 19.7 Å². The van der Waals surface area contributed by atoms with E-state index < -0.39 is 0 Å². The van der Waals surface area contributed by atoms with Crippen LogP contribution >= 0.6 is 0 Å². The first kappa shape index (κ1) is 15.0. The third-order valence-electron chi connectivity index (χ3n) is 3.35. The molecule has 0 unspecified atom stereocenters. The van der Waals surface area contributed by atoms with Crippen LogP contribution in [0.1, 0.15) is 21.7 Å². The number of aryl methyl sites for hydroxylation is 1. The second kappa shape index (κ2) is 6.39. The fourth-order valence-corrected chi connectivity index (χ4v) is 2.28. The maximum Gasteiger partial charge on any atom is 0.202 e. The summed E-state index contributed by atoms with van der Waals surface area (Å²) in [6, 6.07) is 7.60. The van der Waals surface area contributed by atoms with Crippen molar-refractivity contribution in [1.82, 2.24) is 4.57 Å². The summed E-state index contributed by atoms with van der Waals surface area (Å²) in [5, 5.41) is 0. The number of nitrogens with zero attached hydrogens (tertiary/aromatic N) is 1. The van der Waals surface area contributed by atoms with Gasteiger partial charge in [0.2, 0.25) is 5.78 Å². The van der Waals surface area contributed by atoms with Crippen LogP contribution in [0.5, 0.6) is 5.75 Å². The number of ketones is 1. The molecule has 0 saturated heterocycles. The third-order valence-corrected chi connectivity index (χ3v) is 3.35. The quantitative estimate of drug-likeness (QED) is 0.599. The molecule has 0 amide bonds. The van der Waals surface area contributed by atoms with Gasteiger partial charge in [-0.1, -0.05) is 12.1 Å². The van der Waals surface area contributed by atoms with E-state index in [4.69, 9.17) is 4.74 Å². The van der Waals surface area contributed by atoms with Crippen molar-refractivity contribution in [3.8, 4) is 5.75 Å². The molecule has 3 nitrogen and oxygen atoms in total. The van der Waals surface area contributed by atoms with Crippen LogP contribution in [0.3, 0.4) is 0 Å². The summed E-state index contributed by atoms with van der Waals surface area (Å²) >= 11 is 0. The average molecular weight is 287 g/mol. The lowest BCUT2D eigenvalue weighted by Gasteiger charge is -2.07. The molecule has 0 N–H and O–H groups in total. The first-order valence-electron chi connectivity index (χ1n) is 6.72. The van der Waals surface area contributed by atoms with Crippen LogP contribution in [0.4, 0.5) is 4.39 Å². The van der Waals surface area contributed by atoms with Crippen molar-refractivity contribution in [1.29, 1.82) is 0 Å². The number of hydrogen-bond donors (Lipinski definition) is 0. The second-order valence-corrected chi connectivity index (χ2v) is 4.85. The molecule has 0 spiro atoms. The molecular formula is C17H18FNO2. The molecule has 0 aliphatic carbocycles. The van der Waals surface area contributed by atoms with E-state index in [1.807, 2.05) is 24.5 Å². The lowest BCUT2D eigenvalue weighted by molar-refractivity contribution is 0.0920. The van der Waals surface area contributed by atoms with E-state index in [1.54, 1.807) is 18.2 Å². The van der Waals surface area contributed by atoms with Crippen molar-refractivity contribution in [2.75, 3.05) is 6.61 Å². The molecule has 0 atom stereocenters. The zero-order valence-electron chi connectivity index (χ0n) is 12.2. The number of benzene rings is 1. The Morgan fingerprint density at radius 1 is 1.38 bits per heavy atom. The average Bonchev–Trinajstić information content (AvgIpc) is 2.73. The van der Waals surface area contributed by atoms with Crippen LogP contribution in [0.15, 0.2) is 43.0 Å². The van der Waals surface area contributed by atoms with Crippen molar-refractivity contribution in [2.24, 2.45) is 0 Å². The van der Waals surface area contributed by atoms with E-state index >= 15 is 0 Å². The number of allylic oxidation sites excluding steroid dienone is 1. The Morgan fingerprint density at radius 2 is 2.14 bits per heavy atom. The summed E-state index contributed by atoms with van der Waals surface area (Å²) in [5.74, 6) is -0.157. The van der Waals surface area contributed by atoms with E-state index in [9.17, 15) is 9.18 Å². The Kier molecular flexibility index (Phi) is 4.58. The highest BCUT2D eigenvalue weighted by Gasteiger charge is 2.15. The molecule has 21 heavy (non-hydrogen) atoms. The van der Waals surface area contributed by atoms with Crippen molar-refractivity contribution in [3.05, 3.63) is 65.8 Å². The van der Waals surface area contributed by atoms with Gasteiger partial charge in [-0.3, -0.25) is 4.79 Å².